The zero-order valence-electron chi connectivity index (χ0n) is 12.1. The molecule has 6 heteroatoms. The molecule has 0 spiro atoms. The monoisotopic (exact) mass is 297 g/mol. The van der Waals surface area contributed by atoms with Crippen LogP contribution in [0.2, 0.25) is 0 Å². The summed E-state index contributed by atoms with van der Waals surface area (Å²) in [4.78, 5) is 4.91. The fourth-order valence-corrected chi connectivity index (χ4v) is 3.49. The average molecular weight is 297 g/mol. The van der Waals surface area contributed by atoms with Crippen LogP contribution in [0.4, 0.5) is 5.69 Å². The Hall–Kier alpha value is -1.11. The number of hydrogen-bond donors (Lipinski definition) is 1. The molecule has 1 unspecified atom stereocenters. The molecule has 1 fully saturated rings. The third-order valence-corrected chi connectivity index (χ3v) is 5.03. The maximum Gasteiger partial charge on any atom is 0.177 e. The Bertz CT molecular complexity index is 551. The summed E-state index contributed by atoms with van der Waals surface area (Å²) >= 11 is 0. The SMILES string of the molecule is CC(CN)N1CCN(c2ccccc2S(C)(=O)=O)CC1. The third kappa shape index (κ3) is 3.31. The molecular formula is C14H23N3O2S. The van der Waals surface area contributed by atoms with Gasteiger partial charge < -0.3 is 10.6 Å². The minimum atomic E-state index is -3.19. The first-order valence-electron chi connectivity index (χ1n) is 6.91. The van der Waals surface area contributed by atoms with Crippen LogP contribution in [0.25, 0.3) is 0 Å². The summed E-state index contributed by atoms with van der Waals surface area (Å²) in [5.74, 6) is 0. The highest BCUT2D eigenvalue weighted by molar-refractivity contribution is 7.90. The molecule has 5 nitrogen and oxygen atoms in total. The van der Waals surface area contributed by atoms with Crippen molar-refractivity contribution < 1.29 is 8.42 Å². The quantitative estimate of drug-likeness (QED) is 0.879. The topological polar surface area (TPSA) is 66.6 Å². The highest BCUT2D eigenvalue weighted by Gasteiger charge is 2.23. The first kappa shape index (κ1) is 15.3. The number of benzene rings is 1. The fourth-order valence-electron chi connectivity index (χ4n) is 2.58. The van der Waals surface area contributed by atoms with Gasteiger partial charge in [0.1, 0.15) is 0 Å². The van der Waals surface area contributed by atoms with Gasteiger partial charge in [-0.2, -0.15) is 0 Å². The minimum Gasteiger partial charge on any atom is -0.368 e. The van der Waals surface area contributed by atoms with Crippen LogP contribution in [0, 0.1) is 0 Å². The molecule has 1 aliphatic heterocycles. The maximum absolute atomic E-state index is 11.9. The number of sulfone groups is 1. The molecule has 1 aliphatic rings. The first-order chi connectivity index (χ1) is 9.43. The molecule has 1 aromatic rings. The van der Waals surface area contributed by atoms with Gasteiger partial charge in [0.2, 0.25) is 0 Å². The molecule has 0 radical (unpaired) electrons. The standard InChI is InChI=1S/C14H23N3O2S/c1-12(11-15)16-7-9-17(10-8-16)13-5-3-4-6-14(13)20(2,18)19/h3-6,12H,7-11,15H2,1-2H3. The number of rotatable bonds is 4. The van der Waals surface area contributed by atoms with E-state index in [2.05, 4.69) is 16.7 Å². The van der Waals surface area contributed by atoms with Gasteiger partial charge in [0.25, 0.3) is 0 Å². The molecule has 0 saturated carbocycles. The summed E-state index contributed by atoms with van der Waals surface area (Å²) < 4.78 is 23.7. The Balaban J connectivity index is 2.16. The highest BCUT2D eigenvalue weighted by Crippen LogP contribution is 2.26. The van der Waals surface area contributed by atoms with Gasteiger partial charge >= 0.3 is 0 Å². The Morgan fingerprint density at radius 1 is 1.20 bits per heavy atom. The van der Waals surface area contributed by atoms with E-state index in [1.807, 2.05) is 12.1 Å². The van der Waals surface area contributed by atoms with Crippen LogP contribution in [0.15, 0.2) is 29.2 Å². The van der Waals surface area contributed by atoms with E-state index in [9.17, 15) is 8.42 Å². The Morgan fingerprint density at radius 3 is 2.35 bits per heavy atom. The second kappa shape index (κ2) is 6.11. The van der Waals surface area contributed by atoms with Gasteiger partial charge in [-0.25, -0.2) is 8.42 Å². The highest BCUT2D eigenvalue weighted by atomic mass is 32.2. The molecule has 0 amide bonds. The first-order valence-corrected chi connectivity index (χ1v) is 8.81. The van der Waals surface area contributed by atoms with Crippen molar-refractivity contribution in [3.63, 3.8) is 0 Å². The number of anilines is 1. The minimum absolute atomic E-state index is 0.377. The lowest BCUT2D eigenvalue weighted by Crippen LogP contribution is -2.51. The maximum atomic E-state index is 11.9. The van der Waals surface area contributed by atoms with Gasteiger partial charge in [-0.3, -0.25) is 4.90 Å². The molecule has 1 atom stereocenters. The lowest BCUT2D eigenvalue weighted by molar-refractivity contribution is 0.201. The molecule has 0 aliphatic carbocycles. The summed E-state index contributed by atoms with van der Waals surface area (Å²) in [5.41, 5.74) is 6.51. The molecule has 2 N–H and O–H groups in total. The molecule has 20 heavy (non-hydrogen) atoms. The molecular weight excluding hydrogens is 274 g/mol. The summed E-state index contributed by atoms with van der Waals surface area (Å²) in [6, 6.07) is 7.60. The smallest absolute Gasteiger partial charge is 0.177 e. The van der Waals surface area contributed by atoms with Crippen molar-refractivity contribution in [3.05, 3.63) is 24.3 Å². The molecule has 1 heterocycles. The number of nitrogens with two attached hydrogens (primary N) is 1. The van der Waals surface area contributed by atoms with Crippen LogP contribution in [0.3, 0.4) is 0 Å². The Morgan fingerprint density at radius 2 is 1.80 bits per heavy atom. The lowest BCUT2D eigenvalue weighted by Gasteiger charge is -2.39. The van der Waals surface area contributed by atoms with Gasteiger partial charge in [-0.05, 0) is 19.1 Å². The van der Waals surface area contributed by atoms with E-state index in [0.717, 1.165) is 31.9 Å². The van der Waals surface area contributed by atoms with Crippen LogP contribution in [-0.4, -0.2) is 58.3 Å². The molecule has 1 aromatic carbocycles. The van der Waals surface area contributed by atoms with Crippen molar-refractivity contribution in [2.45, 2.75) is 17.9 Å². The fraction of sp³-hybridized carbons (Fsp3) is 0.571. The van der Waals surface area contributed by atoms with E-state index in [1.54, 1.807) is 12.1 Å². The molecule has 112 valence electrons. The van der Waals surface area contributed by atoms with E-state index in [1.165, 1.54) is 6.26 Å². The van der Waals surface area contributed by atoms with E-state index in [-0.39, 0.29) is 0 Å². The zero-order chi connectivity index (χ0) is 14.8. The largest absolute Gasteiger partial charge is 0.368 e. The Kier molecular flexibility index (Phi) is 4.67. The van der Waals surface area contributed by atoms with E-state index in [4.69, 9.17) is 5.73 Å². The van der Waals surface area contributed by atoms with Crippen molar-refractivity contribution in [3.8, 4) is 0 Å². The summed E-state index contributed by atoms with van der Waals surface area (Å²) in [6.45, 7) is 6.26. The van der Waals surface area contributed by atoms with Crippen LogP contribution < -0.4 is 10.6 Å². The van der Waals surface area contributed by atoms with Crippen LogP contribution in [-0.2, 0) is 9.84 Å². The normalized spacial score (nSPS) is 19.1. The summed E-state index contributed by atoms with van der Waals surface area (Å²) in [5, 5.41) is 0. The van der Waals surface area contributed by atoms with Crippen molar-refractivity contribution in [1.29, 1.82) is 0 Å². The number of piperazine rings is 1. The molecule has 1 saturated heterocycles. The van der Waals surface area contributed by atoms with Crippen LogP contribution >= 0.6 is 0 Å². The second-order valence-corrected chi connectivity index (χ2v) is 7.33. The molecule has 0 bridgehead atoms. The number of hydrogen-bond acceptors (Lipinski definition) is 5. The molecule has 2 rings (SSSR count). The van der Waals surface area contributed by atoms with Gasteiger partial charge in [0, 0.05) is 45.0 Å². The third-order valence-electron chi connectivity index (χ3n) is 3.88. The van der Waals surface area contributed by atoms with Gasteiger partial charge in [-0.15, -0.1) is 0 Å². The van der Waals surface area contributed by atoms with Gasteiger partial charge in [0.15, 0.2) is 9.84 Å². The summed E-state index contributed by atoms with van der Waals surface area (Å²) in [6.07, 6.45) is 1.26. The predicted octanol–water partition coefficient (Wildman–Crippen LogP) is 0.559. The predicted molar refractivity (Wildman–Crippen MR) is 81.9 cm³/mol. The van der Waals surface area contributed by atoms with E-state index < -0.39 is 9.84 Å². The zero-order valence-corrected chi connectivity index (χ0v) is 12.9. The number of nitrogens with zero attached hydrogens (tertiary/aromatic N) is 2. The van der Waals surface area contributed by atoms with E-state index in [0.29, 0.717) is 17.5 Å². The van der Waals surface area contributed by atoms with Gasteiger partial charge in [-0.1, -0.05) is 12.1 Å². The van der Waals surface area contributed by atoms with Crippen molar-refractivity contribution in [1.82, 2.24) is 4.90 Å². The van der Waals surface area contributed by atoms with Crippen molar-refractivity contribution >= 4 is 15.5 Å². The van der Waals surface area contributed by atoms with E-state index >= 15 is 0 Å². The van der Waals surface area contributed by atoms with Crippen LogP contribution in [0.1, 0.15) is 6.92 Å². The molecule has 0 aromatic heterocycles. The van der Waals surface area contributed by atoms with Crippen molar-refractivity contribution in [2.24, 2.45) is 5.73 Å². The second-order valence-electron chi connectivity index (χ2n) is 5.35. The van der Waals surface area contributed by atoms with Gasteiger partial charge in [0.05, 0.1) is 10.6 Å². The lowest BCUT2D eigenvalue weighted by atomic mass is 10.2. The summed E-state index contributed by atoms with van der Waals surface area (Å²) in [7, 11) is -3.19. The number of para-hydroxylation sites is 1. The van der Waals surface area contributed by atoms with Crippen molar-refractivity contribution in [2.75, 3.05) is 43.9 Å². The average Bonchev–Trinajstić information content (AvgIpc) is 2.46. The van der Waals surface area contributed by atoms with Crippen LogP contribution in [0.5, 0.6) is 0 Å². The Labute approximate surface area is 121 Å².